The molecule has 0 saturated heterocycles. The fourth-order valence-electron chi connectivity index (χ4n) is 0.673. The zero-order valence-electron chi connectivity index (χ0n) is 7.43. The molecule has 0 aliphatic carbocycles. The van der Waals surface area contributed by atoms with E-state index in [1.54, 1.807) is 6.92 Å². The minimum atomic E-state index is -0.844. The monoisotopic (exact) mass is 154 g/mol. The number of carboxylic acid groups (broad SMARTS) is 1. The molecule has 1 N–H and O–H groups in total. The summed E-state index contributed by atoms with van der Waals surface area (Å²) < 4.78 is 0. The molecule has 11 heavy (non-hydrogen) atoms. The molecule has 0 heterocycles. The summed E-state index contributed by atoms with van der Waals surface area (Å²) in [6.45, 7) is 7.24. The van der Waals surface area contributed by atoms with E-state index in [9.17, 15) is 4.79 Å². The van der Waals surface area contributed by atoms with Gasteiger partial charge in [-0.05, 0) is 33.3 Å². The summed E-state index contributed by atoms with van der Waals surface area (Å²) in [4.78, 5) is 10.5. The molecule has 0 rings (SSSR count). The van der Waals surface area contributed by atoms with Gasteiger partial charge in [-0.2, -0.15) is 0 Å². The van der Waals surface area contributed by atoms with E-state index >= 15 is 0 Å². The first-order valence-electron chi connectivity index (χ1n) is 3.54. The first-order chi connectivity index (χ1) is 5.00. The summed E-state index contributed by atoms with van der Waals surface area (Å²) in [5, 5.41) is 8.61. The molecule has 0 atom stereocenters. The summed E-state index contributed by atoms with van der Waals surface area (Å²) in [5.74, 6) is -0.844. The first kappa shape index (κ1) is 9.95. The lowest BCUT2D eigenvalue weighted by atomic mass is 10.0. The molecule has 0 aliphatic heterocycles. The first-order valence-corrected chi connectivity index (χ1v) is 3.54. The van der Waals surface area contributed by atoms with Crippen LogP contribution in [0.15, 0.2) is 22.8 Å². The number of aliphatic carboxylic acids is 1. The number of carboxylic acids is 1. The average Bonchev–Trinajstić information content (AvgIpc) is 2.00. The van der Waals surface area contributed by atoms with Gasteiger partial charge in [0.25, 0.3) is 0 Å². The second kappa shape index (κ2) is 3.96. The minimum absolute atomic E-state index is 0.417. The van der Waals surface area contributed by atoms with Gasteiger partial charge < -0.3 is 5.11 Å². The maximum atomic E-state index is 10.5. The molecule has 0 spiro atoms. The molecule has 2 heteroatoms. The molecule has 2 nitrogen and oxygen atoms in total. The van der Waals surface area contributed by atoms with E-state index in [2.05, 4.69) is 0 Å². The largest absolute Gasteiger partial charge is 0.478 e. The summed E-state index contributed by atoms with van der Waals surface area (Å²) in [6.07, 6.45) is 1.90. The van der Waals surface area contributed by atoms with Crippen molar-refractivity contribution >= 4 is 5.97 Å². The van der Waals surface area contributed by atoms with E-state index < -0.39 is 5.97 Å². The van der Waals surface area contributed by atoms with Crippen molar-refractivity contribution in [1.29, 1.82) is 0 Å². The lowest BCUT2D eigenvalue weighted by molar-refractivity contribution is -0.132. The maximum Gasteiger partial charge on any atom is 0.331 e. The van der Waals surface area contributed by atoms with E-state index in [-0.39, 0.29) is 0 Å². The Bertz CT molecular complexity index is 222. The Labute approximate surface area is 67.2 Å². The molecule has 0 fully saturated rings. The standard InChI is InChI=1S/C9H14O2/c1-5-6(2)7(3)8(4)9(10)11/h5H,1-4H3,(H,10,11)/b6-5?,8-7+. The van der Waals surface area contributed by atoms with Crippen LogP contribution in [0.1, 0.15) is 27.7 Å². The van der Waals surface area contributed by atoms with E-state index in [1.165, 1.54) is 0 Å². The van der Waals surface area contributed by atoms with Crippen LogP contribution >= 0.6 is 0 Å². The lowest BCUT2D eigenvalue weighted by Gasteiger charge is -2.02. The SMILES string of the molecule is CC=C(C)/C(C)=C(\C)C(=O)O. The van der Waals surface area contributed by atoms with Crippen molar-refractivity contribution in [2.45, 2.75) is 27.7 Å². The molecule has 0 unspecified atom stereocenters. The molecule has 0 bridgehead atoms. The van der Waals surface area contributed by atoms with Gasteiger partial charge in [-0.25, -0.2) is 4.79 Å². The van der Waals surface area contributed by atoms with Crippen molar-refractivity contribution in [2.75, 3.05) is 0 Å². The van der Waals surface area contributed by atoms with Crippen LogP contribution in [-0.2, 0) is 4.79 Å². The minimum Gasteiger partial charge on any atom is -0.478 e. The Morgan fingerprint density at radius 2 is 1.64 bits per heavy atom. The molecule has 0 aliphatic rings. The number of carbonyl (C=O) groups is 1. The van der Waals surface area contributed by atoms with Crippen LogP contribution < -0.4 is 0 Å². The van der Waals surface area contributed by atoms with Crippen LogP contribution in [0.25, 0.3) is 0 Å². The fraction of sp³-hybridized carbons (Fsp3) is 0.444. The number of allylic oxidation sites excluding steroid dienone is 3. The highest BCUT2D eigenvalue weighted by Crippen LogP contribution is 2.12. The van der Waals surface area contributed by atoms with E-state index in [4.69, 9.17) is 5.11 Å². The molecular formula is C9H14O2. The third-order valence-corrected chi connectivity index (χ3v) is 1.91. The molecule has 0 aromatic rings. The van der Waals surface area contributed by atoms with Crippen LogP contribution in [0, 0.1) is 0 Å². The quantitative estimate of drug-likeness (QED) is 0.489. The average molecular weight is 154 g/mol. The Morgan fingerprint density at radius 1 is 1.18 bits per heavy atom. The topological polar surface area (TPSA) is 37.3 Å². The Balaban J connectivity index is 4.81. The number of hydrogen-bond donors (Lipinski definition) is 1. The van der Waals surface area contributed by atoms with Gasteiger partial charge in [0, 0.05) is 5.57 Å². The Kier molecular flexibility index (Phi) is 3.58. The molecule has 0 aromatic heterocycles. The van der Waals surface area contributed by atoms with Crippen LogP contribution in [0.2, 0.25) is 0 Å². The zero-order valence-corrected chi connectivity index (χ0v) is 7.43. The summed E-state index contributed by atoms with van der Waals surface area (Å²) in [5.41, 5.74) is 2.28. The van der Waals surface area contributed by atoms with E-state index in [0.717, 1.165) is 11.1 Å². The van der Waals surface area contributed by atoms with Crippen molar-refractivity contribution in [1.82, 2.24) is 0 Å². The summed E-state index contributed by atoms with van der Waals surface area (Å²) >= 11 is 0. The summed E-state index contributed by atoms with van der Waals surface area (Å²) in [6, 6.07) is 0. The van der Waals surface area contributed by atoms with Gasteiger partial charge in [0.2, 0.25) is 0 Å². The van der Waals surface area contributed by atoms with Gasteiger partial charge in [-0.3, -0.25) is 0 Å². The predicted octanol–water partition coefficient (Wildman–Crippen LogP) is 2.37. The van der Waals surface area contributed by atoms with Gasteiger partial charge in [-0.1, -0.05) is 11.6 Å². The third kappa shape index (κ3) is 2.58. The van der Waals surface area contributed by atoms with Crippen molar-refractivity contribution in [3.63, 3.8) is 0 Å². The molecule has 0 radical (unpaired) electrons. The van der Waals surface area contributed by atoms with Gasteiger partial charge >= 0.3 is 5.97 Å². The van der Waals surface area contributed by atoms with Crippen molar-refractivity contribution < 1.29 is 9.90 Å². The highest BCUT2D eigenvalue weighted by Gasteiger charge is 2.04. The predicted molar refractivity (Wildman–Crippen MR) is 45.4 cm³/mol. The molecule has 62 valence electrons. The van der Waals surface area contributed by atoms with Crippen LogP contribution in [0.4, 0.5) is 0 Å². The normalized spacial score (nSPS) is 14.4. The maximum absolute atomic E-state index is 10.5. The smallest absolute Gasteiger partial charge is 0.331 e. The lowest BCUT2D eigenvalue weighted by Crippen LogP contribution is -1.99. The van der Waals surface area contributed by atoms with Crippen molar-refractivity contribution in [3.05, 3.63) is 22.8 Å². The van der Waals surface area contributed by atoms with Crippen LogP contribution in [0.5, 0.6) is 0 Å². The van der Waals surface area contributed by atoms with E-state index in [0.29, 0.717) is 5.57 Å². The molecule has 0 amide bonds. The van der Waals surface area contributed by atoms with Gasteiger partial charge in [0.1, 0.15) is 0 Å². The van der Waals surface area contributed by atoms with E-state index in [1.807, 2.05) is 26.8 Å². The highest BCUT2D eigenvalue weighted by atomic mass is 16.4. The van der Waals surface area contributed by atoms with Crippen LogP contribution in [-0.4, -0.2) is 11.1 Å². The second-order valence-corrected chi connectivity index (χ2v) is 2.53. The van der Waals surface area contributed by atoms with Crippen molar-refractivity contribution in [3.8, 4) is 0 Å². The molecule has 0 saturated carbocycles. The van der Waals surface area contributed by atoms with Crippen LogP contribution in [0.3, 0.4) is 0 Å². The van der Waals surface area contributed by atoms with Gasteiger partial charge in [0.15, 0.2) is 0 Å². The summed E-state index contributed by atoms with van der Waals surface area (Å²) in [7, 11) is 0. The Hall–Kier alpha value is -1.05. The zero-order chi connectivity index (χ0) is 9.02. The number of rotatable bonds is 2. The molecular weight excluding hydrogens is 140 g/mol. The van der Waals surface area contributed by atoms with Crippen molar-refractivity contribution in [2.24, 2.45) is 0 Å². The fourth-order valence-corrected chi connectivity index (χ4v) is 0.673. The molecule has 0 aromatic carbocycles. The second-order valence-electron chi connectivity index (χ2n) is 2.53. The Morgan fingerprint density at radius 3 is 1.91 bits per heavy atom. The number of hydrogen-bond acceptors (Lipinski definition) is 1. The highest BCUT2D eigenvalue weighted by molar-refractivity contribution is 5.87. The van der Waals surface area contributed by atoms with Gasteiger partial charge in [-0.15, -0.1) is 0 Å². The van der Waals surface area contributed by atoms with Gasteiger partial charge in [0.05, 0.1) is 0 Å². The third-order valence-electron chi connectivity index (χ3n) is 1.91.